The molecule has 0 unspecified atom stereocenters. The highest BCUT2D eigenvalue weighted by Gasteiger charge is 2.20. The first kappa shape index (κ1) is 15.6. The fraction of sp³-hybridized carbons (Fsp3) is 0.0833. The number of ether oxygens (including phenoxy) is 1. The molecule has 0 atom stereocenters. The molecule has 2 rings (SSSR count). The normalized spacial score (nSPS) is 10.2. The predicted octanol–water partition coefficient (Wildman–Crippen LogP) is 3.41. The zero-order valence-electron chi connectivity index (χ0n) is 10.5. The van der Waals surface area contributed by atoms with Gasteiger partial charge in [0.05, 0.1) is 18.4 Å². The number of carboxylic acid groups (broad SMARTS) is 1. The third-order valence-electron chi connectivity index (χ3n) is 2.51. The molecule has 1 amide bonds. The molecule has 110 valence electrons. The number of amides is 1. The summed E-state index contributed by atoms with van der Waals surface area (Å²) in [6, 6.07) is 4.26. The number of nitrogens with zero attached hydrogens (tertiary/aromatic N) is 1. The van der Waals surface area contributed by atoms with Crippen LogP contribution in [0.15, 0.2) is 18.2 Å². The third-order valence-corrected chi connectivity index (χ3v) is 4.31. The van der Waals surface area contributed by atoms with Gasteiger partial charge in [-0.25, -0.2) is 4.79 Å². The lowest BCUT2D eigenvalue weighted by molar-refractivity contribution is 0.0697. The maximum Gasteiger partial charge on any atom is 0.337 e. The van der Waals surface area contributed by atoms with Gasteiger partial charge in [0.1, 0.15) is 15.6 Å². The van der Waals surface area contributed by atoms with E-state index in [0.29, 0.717) is 5.75 Å². The summed E-state index contributed by atoms with van der Waals surface area (Å²) in [5.74, 6) is -1.42. The molecule has 1 aromatic heterocycles. The van der Waals surface area contributed by atoms with Gasteiger partial charge in [-0.15, -0.1) is 0 Å². The number of carboxylic acids is 1. The number of halogens is 2. The molecule has 0 radical (unpaired) electrons. The van der Waals surface area contributed by atoms with Gasteiger partial charge in [-0.1, -0.05) is 23.2 Å². The third kappa shape index (κ3) is 3.26. The molecule has 9 heteroatoms. The number of methoxy groups -OCH3 is 1. The van der Waals surface area contributed by atoms with E-state index in [4.69, 9.17) is 33.0 Å². The first-order valence-electron chi connectivity index (χ1n) is 5.47. The van der Waals surface area contributed by atoms with Crippen LogP contribution in [0.3, 0.4) is 0 Å². The van der Waals surface area contributed by atoms with Gasteiger partial charge in [-0.3, -0.25) is 4.79 Å². The first-order valence-corrected chi connectivity index (χ1v) is 7.00. The number of hydrogen-bond donors (Lipinski definition) is 2. The van der Waals surface area contributed by atoms with Crippen molar-refractivity contribution < 1.29 is 19.4 Å². The van der Waals surface area contributed by atoms with E-state index in [0.717, 1.165) is 11.5 Å². The van der Waals surface area contributed by atoms with E-state index in [1.807, 2.05) is 0 Å². The summed E-state index contributed by atoms with van der Waals surface area (Å²) in [6.07, 6.45) is 0. The topological polar surface area (TPSA) is 88.5 Å². The molecular weight excluding hydrogens is 339 g/mol. The van der Waals surface area contributed by atoms with Crippen molar-refractivity contribution in [1.82, 2.24) is 4.37 Å². The molecule has 21 heavy (non-hydrogen) atoms. The Labute approximate surface area is 133 Å². The number of aromatic nitrogens is 1. The maximum atomic E-state index is 12.1. The number of carbonyl (C=O) groups excluding carboxylic acids is 1. The van der Waals surface area contributed by atoms with Crippen LogP contribution in [-0.4, -0.2) is 28.5 Å². The SMILES string of the molecule is COc1ccc(NC(=O)c2snc(Cl)c2Cl)c(C(=O)O)c1. The molecule has 6 nitrogen and oxygen atoms in total. The van der Waals surface area contributed by atoms with Crippen molar-refractivity contribution in [3.05, 3.63) is 38.8 Å². The van der Waals surface area contributed by atoms with E-state index < -0.39 is 11.9 Å². The van der Waals surface area contributed by atoms with E-state index in [9.17, 15) is 9.59 Å². The largest absolute Gasteiger partial charge is 0.497 e. The van der Waals surface area contributed by atoms with Crippen molar-refractivity contribution in [3.63, 3.8) is 0 Å². The highest BCUT2D eigenvalue weighted by Crippen LogP contribution is 2.30. The van der Waals surface area contributed by atoms with Crippen molar-refractivity contribution in [3.8, 4) is 5.75 Å². The molecule has 0 aliphatic carbocycles. The Morgan fingerprint density at radius 2 is 2.10 bits per heavy atom. The maximum absolute atomic E-state index is 12.1. The highest BCUT2D eigenvalue weighted by atomic mass is 35.5. The van der Waals surface area contributed by atoms with Gasteiger partial charge in [0, 0.05) is 0 Å². The summed E-state index contributed by atoms with van der Waals surface area (Å²) in [5, 5.41) is 11.7. The monoisotopic (exact) mass is 346 g/mol. The zero-order valence-corrected chi connectivity index (χ0v) is 12.8. The fourth-order valence-electron chi connectivity index (χ4n) is 1.52. The van der Waals surface area contributed by atoms with E-state index in [-0.39, 0.29) is 26.3 Å². The smallest absolute Gasteiger partial charge is 0.337 e. The second kappa shape index (κ2) is 6.30. The minimum absolute atomic E-state index is 0.0278. The van der Waals surface area contributed by atoms with Gasteiger partial charge in [0.2, 0.25) is 0 Å². The summed E-state index contributed by atoms with van der Waals surface area (Å²) in [4.78, 5) is 23.4. The van der Waals surface area contributed by atoms with Gasteiger partial charge < -0.3 is 15.2 Å². The highest BCUT2D eigenvalue weighted by molar-refractivity contribution is 7.09. The molecule has 2 aromatic rings. The number of carbonyl (C=O) groups is 2. The van der Waals surface area contributed by atoms with Crippen LogP contribution in [0.4, 0.5) is 5.69 Å². The van der Waals surface area contributed by atoms with Crippen molar-refractivity contribution in [2.45, 2.75) is 0 Å². The van der Waals surface area contributed by atoms with E-state index in [1.54, 1.807) is 0 Å². The Balaban J connectivity index is 2.33. The Morgan fingerprint density at radius 1 is 1.38 bits per heavy atom. The Morgan fingerprint density at radius 3 is 2.62 bits per heavy atom. The molecule has 0 aliphatic rings. The Kier molecular flexibility index (Phi) is 4.66. The number of aromatic carboxylic acids is 1. The van der Waals surface area contributed by atoms with Gasteiger partial charge in [0.15, 0.2) is 5.15 Å². The van der Waals surface area contributed by atoms with E-state index >= 15 is 0 Å². The molecule has 0 bridgehead atoms. The summed E-state index contributed by atoms with van der Waals surface area (Å²) >= 11 is 12.3. The summed E-state index contributed by atoms with van der Waals surface area (Å²) < 4.78 is 8.69. The van der Waals surface area contributed by atoms with Crippen molar-refractivity contribution >= 4 is 52.3 Å². The lowest BCUT2D eigenvalue weighted by Gasteiger charge is -2.09. The Bertz CT molecular complexity index is 717. The number of hydrogen-bond acceptors (Lipinski definition) is 5. The molecule has 0 saturated carbocycles. The molecule has 0 saturated heterocycles. The minimum Gasteiger partial charge on any atom is -0.497 e. The molecule has 0 fully saturated rings. The van der Waals surface area contributed by atoms with Crippen LogP contribution in [-0.2, 0) is 0 Å². The molecule has 1 aromatic carbocycles. The standard InChI is InChI=1S/C12H8Cl2N2O4S/c1-20-5-2-3-7(6(4-5)12(18)19)15-11(17)9-8(13)10(14)16-21-9/h2-4H,1H3,(H,15,17)(H,18,19). The fourth-order valence-corrected chi connectivity index (χ4v) is 2.63. The van der Waals surface area contributed by atoms with Crippen molar-refractivity contribution in [1.29, 1.82) is 0 Å². The summed E-state index contributed by atoms with van der Waals surface area (Å²) in [7, 11) is 1.41. The van der Waals surface area contributed by atoms with Crippen LogP contribution in [0.25, 0.3) is 0 Å². The number of rotatable bonds is 4. The number of benzene rings is 1. The Hall–Kier alpha value is -1.83. The molecular formula is C12H8Cl2N2O4S. The molecule has 0 aliphatic heterocycles. The minimum atomic E-state index is -1.20. The number of nitrogens with one attached hydrogen (secondary N) is 1. The van der Waals surface area contributed by atoms with Gasteiger partial charge in [-0.2, -0.15) is 4.37 Å². The average Bonchev–Trinajstić information content (AvgIpc) is 2.79. The molecule has 1 heterocycles. The van der Waals surface area contributed by atoms with Gasteiger partial charge >= 0.3 is 5.97 Å². The lowest BCUT2D eigenvalue weighted by atomic mass is 10.1. The average molecular weight is 347 g/mol. The first-order chi connectivity index (χ1) is 9.93. The quantitative estimate of drug-likeness (QED) is 0.885. The van der Waals surface area contributed by atoms with Crippen molar-refractivity contribution in [2.75, 3.05) is 12.4 Å². The number of anilines is 1. The zero-order chi connectivity index (χ0) is 15.6. The van der Waals surface area contributed by atoms with Crippen LogP contribution in [0.1, 0.15) is 20.0 Å². The second-order valence-corrected chi connectivity index (χ2v) is 5.30. The van der Waals surface area contributed by atoms with Crippen LogP contribution < -0.4 is 10.1 Å². The van der Waals surface area contributed by atoms with Crippen LogP contribution >= 0.6 is 34.7 Å². The van der Waals surface area contributed by atoms with Crippen LogP contribution in [0, 0.1) is 0 Å². The van der Waals surface area contributed by atoms with Crippen LogP contribution in [0.2, 0.25) is 10.2 Å². The van der Waals surface area contributed by atoms with Crippen molar-refractivity contribution in [2.24, 2.45) is 0 Å². The second-order valence-electron chi connectivity index (χ2n) is 3.79. The lowest BCUT2D eigenvalue weighted by Crippen LogP contribution is -2.14. The van der Waals surface area contributed by atoms with E-state index in [2.05, 4.69) is 9.69 Å². The van der Waals surface area contributed by atoms with Crippen LogP contribution in [0.5, 0.6) is 5.75 Å². The molecule has 2 N–H and O–H groups in total. The summed E-state index contributed by atoms with van der Waals surface area (Å²) in [6.45, 7) is 0. The van der Waals surface area contributed by atoms with E-state index in [1.165, 1.54) is 25.3 Å². The van der Waals surface area contributed by atoms with Gasteiger partial charge in [-0.05, 0) is 29.7 Å². The van der Waals surface area contributed by atoms with Gasteiger partial charge in [0.25, 0.3) is 5.91 Å². The predicted molar refractivity (Wildman–Crippen MR) is 80.0 cm³/mol. The molecule has 0 spiro atoms. The summed E-state index contributed by atoms with van der Waals surface area (Å²) in [5.41, 5.74) is 0.0170.